The first-order valence-electron chi connectivity index (χ1n) is 14.1. The smallest absolute Gasteiger partial charge is 0.346 e. The summed E-state index contributed by atoms with van der Waals surface area (Å²) in [6.07, 6.45) is 6.51. The first-order valence-corrected chi connectivity index (χ1v) is 14.1. The fraction of sp³-hybridized carbons (Fsp3) is 0.759. The van der Waals surface area contributed by atoms with Gasteiger partial charge in [0.25, 0.3) is 0 Å². The van der Waals surface area contributed by atoms with Gasteiger partial charge in [0, 0.05) is 6.42 Å². The van der Waals surface area contributed by atoms with E-state index in [1.807, 2.05) is 12.1 Å². The molecule has 1 aromatic rings. The highest BCUT2D eigenvalue weighted by Crippen LogP contribution is 2.48. The molecule has 4 N–H and O–H groups in total. The number of carbonyl (C=O) groups is 1. The van der Waals surface area contributed by atoms with E-state index >= 15 is 0 Å². The molecular weight excluding hydrogens is 476 g/mol. The molecule has 208 valence electrons. The minimum absolute atomic E-state index is 0.0740. The maximum Gasteiger partial charge on any atom is 0.346 e. The van der Waals surface area contributed by atoms with Crippen molar-refractivity contribution in [3.05, 3.63) is 29.3 Å². The van der Waals surface area contributed by atoms with E-state index in [9.17, 15) is 25.2 Å². The zero-order valence-corrected chi connectivity index (χ0v) is 22.0. The minimum atomic E-state index is -1.23. The lowest BCUT2D eigenvalue weighted by atomic mass is 9.73. The highest BCUT2D eigenvalue weighted by molar-refractivity contribution is 5.71. The molecule has 0 radical (unpaired) electrons. The number of carbonyl (C=O) groups excluding carboxylic acids is 1. The van der Waals surface area contributed by atoms with Crippen LogP contribution < -0.4 is 4.74 Å². The van der Waals surface area contributed by atoms with Gasteiger partial charge in [-0.05, 0) is 60.6 Å². The Labute approximate surface area is 219 Å². The van der Waals surface area contributed by atoms with E-state index in [2.05, 4.69) is 13.0 Å². The highest BCUT2D eigenvalue weighted by Gasteiger charge is 2.44. The van der Waals surface area contributed by atoms with Crippen LogP contribution in [0.1, 0.15) is 75.8 Å². The van der Waals surface area contributed by atoms with E-state index in [1.165, 1.54) is 44.1 Å². The number of aliphatic hydroxyl groups is 4. The second-order valence-electron chi connectivity index (χ2n) is 11.1. The van der Waals surface area contributed by atoms with Crippen LogP contribution in [0, 0.1) is 17.8 Å². The van der Waals surface area contributed by atoms with Crippen LogP contribution in [0.15, 0.2) is 18.2 Å². The summed E-state index contributed by atoms with van der Waals surface area (Å²) in [4.78, 5) is 12.4. The standard InChI is InChI=1S/C29H44O8/c1-2-3-4-5-6-7-10-20-21-12-18-9-8-11-25(22(18)13-19(21)14-23(20)31)35-17-27(33)37-28-15-24(32)29(34)26(16-30)36-28/h8-9,11,19-21,23-24,26,28-32,34H,2-7,10,12-17H2,1H3/t19?,20-,21+,23?,24?,26?,28?,29-/m0/s1. The number of rotatable bonds is 12. The Balaban J connectivity index is 1.30. The third-order valence-electron chi connectivity index (χ3n) is 8.56. The zero-order valence-electron chi connectivity index (χ0n) is 22.0. The number of benzene rings is 1. The number of hydrogen-bond acceptors (Lipinski definition) is 8. The Morgan fingerprint density at radius 3 is 2.59 bits per heavy atom. The molecule has 1 aliphatic heterocycles. The third kappa shape index (κ3) is 7.03. The largest absolute Gasteiger partial charge is 0.482 e. The van der Waals surface area contributed by atoms with Crippen molar-refractivity contribution in [2.24, 2.45) is 17.8 Å². The molecule has 1 saturated heterocycles. The Morgan fingerprint density at radius 2 is 1.81 bits per heavy atom. The zero-order chi connectivity index (χ0) is 26.4. The molecule has 37 heavy (non-hydrogen) atoms. The fourth-order valence-corrected chi connectivity index (χ4v) is 6.56. The van der Waals surface area contributed by atoms with Crippen LogP contribution in [0.2, 0.25) is 0 Å². The molecule has 8 atom stereocenters. The van der Waals surface area contributed by atoms with Gasteiger partial charge in [-0.25, -0.2) is 4.79 Å². The Kier molecular flexibility index (Phi) is 10.2. The lowest BCUT2D eigenvalue weighted by Crippen LogP contribution is -2.51. The van der Waals surface area contributed by atoms with Gasteiger partial charge >= 0.3 is 5.97 Å². The summed E-state index contributed by atoms with van der Waals surface area (Å²) in [5, 5.41) is 39.9. The van der Waals surface area contributed by atoms with Gasteiger partial charge in [0.15, 0.2) is 6.61 Å². The Hall–Kier alpha value is -1.71. The maximum absolute atomic E-state index is 12.4. The summed E-state index contributed by atoms with van der Waals surface area (Å²) in [6, 6.07) is 5.94. The fourth-order valence-electron chi connectivity index (χ4n) is 6.56. The molecule has 8 nitrogen and oxygen atoms in total. The molecule has 8 heteroatoms. The molecular formula is C29H44O8. The van der Waals surface area contributed by atoms with Crippen molar-refractivity contribution in [1.82, 2.24) is 0 Å². The van der Waals surface area contributed by atoms with Crippen molar-refractivity contribution in [2.45, 2.75) is 108 Å². The van der Waals surface area contributed by atoms with E-state index in [0.717, 1.165) is 31.2 Å². The maximum atomic E-state index is 12.4. The van der Waals surface area contributed by atoms with Gasteiger partial charge in [-0.3, -0.25) is 0 Å². The summed E-state index contributed by atoms with van der Waals surface area (Å²) < 4.78 is 16.5. The minimum Gasteiger partial charge on any atom is -0.482 e. The summed E-state index contributed by atoms with van der Waals surface area (Å²) >= 11 is 0. The van der Waals surface area contributed by atoms with Crippen LogP contribution in [0.5, 0.6) is 5.75 Å². The third-order valence-corrected chi connectivity index (χ3v) is 8.56. The molecule has 0 amide bonds. The quantitative estimate of drug-likeness (QED) is 0.245. The van der Waals surface area contributed by atoms with Crippen molar-refractivity contribution in [3.63, 3.8) is 0 Å². The van der Waals surface area contributed by atoms with Gasteiger partial charge < -0.3 is 34.6 Å². The lowest BCUT2D eigenvalue weighted by molar-refractivity contribution is -0.251. The Bertz CT molecular complexity index is 875. The van der Waals surface area contributed by atoms with Gasteiger partial charge in [-0.2, -0.15) is 0 Å². The summed E-state index contributed by atoms with van der Waals surface area (Å²) in [6.45, 7) is 1.43. The van der Waals surface area contributed by atoms with Crippen molar-refractivity contribution >= 4 is 5.97 Å². The average molecular weight is 521 g/mol. The molecule has 0 spiro atoms. The molecule has 3 aliphatic rings. The molecule has 0 aromatic heterocycles. The van der Waals surface area contributed by atoms with Crippen molar-refractivity contribution in [2.75, 3.05) is 13.2 Å². The summed E-state index contributed by atoms with van der Waals surface area (Å²) in [5.41, 5.74) is 2.34. The van der Waals surface area contributed by atoms with Gasteiger partial charge in [-0.15, -0.1) is 0 Å². The molecule has 0 bridgehead atoms. The molecule has 2 aliphatic carbocycles. The normalized spacial score (nSPS) is 33.0. The lowest BCUT2D eigenvalue weighted by Gasteiger charge is -2.35. The number of unbranched alkanes of at least 4 members (excludes halogenated alkanes) is 5. The summed E-state index contributed by atoms with van der Waals surface area (Å²) in [5.74, 6) is 1.28. The SMILES string of the molecule is CCCCCCCC[C@@H]1C(O)CC2Cc3c(cccc3OCC(=O)OC3CC(O)[C@H](O)C(CO)O3)C[C@H]21. The van der Waals surface area contributed by atoms with Gasteiger partial charge in [0.1, 0.15) is 18.0 Å². The van der Waals surface area contributed by atoms with Crippen LogP contribution in [0.3, 0.4) is 0 Å². The second-order valence-corrected chi connectivity index (χ2v) is 11.1. The molecule has 1 saturated carbocycles. The van der Waals surface area contributed by atoms with Gasteiger partial charge in [0.2, 0.25) is 6.29 Å². The average Bonchev–Trinajstić information content (AvgIpc) is 3.19. The van der Waals surface area contributed by atoms with Crippen LogP contribution in [-0.4, -0.2) is 70.3 Å². The number of hydrogen-bond donors (Lipinski definition) is 4. The van der Waals surface area contributed by atoms with Crippen LogP contribution in [-0.2, 0) is 27.1 Å². The van der Waals surface area contributed by atoms with Crippen LogP contribution >= 0.6 is 0 Å². The van der Waals surface area contributed by atoms with E-state index < -0.39 is 37.2 Å². The van der Waals surface area contributed by atoms with Crippen molar-refractivity contribution in [3.8, 4) is 5.75 Å². The predicted molar refractivity (Wildman–Crippen MR) is 137 cm³/mol. The van der Waals surface area contributed by atoms with Crippen LogP contribution in [0.25, 0.3) is 0 Å². The van der Waals surface area contributed by atoms with Crippen LogP contribution in [0.4, 0.5) is 0 Å². The van der Waals surface area contributed by atoms with Gasteiger partial charge in [-0.1, -0.05) is 57.6 Å². The summed E-state index contributed by atoms with van der Waals surface area (Å²) in [7, 11) is 0. The monoisotopic (exact) mass is 520 g/mol. The van der Waals surface area contributed by atoms with Crippen molar-refractivity contribution in [1.29, 1.82) is 0 Å². The number of fused-ring (bicyclic) bond motifs is 2. The van der Waals surface area contributed by atoms with E-state index in [0.29, 0.717) is 23.5 Å². The number of esters is 1. The second kappa shape index (κ2) is 13.4. The van der Waals surface area contributed by atoms with E-state index in [4.69, 9.17) is 14.2 Å². The number of ether oxygens (including phenoxy) is 3. The highest BCUT2D eigenvalue weighted by atomic mass is 16.7. The molecule has 5 unspecified atom stereocenters. The number of aliphatic hydroxyl groups excluding tert-OH is 4. The molecule has 4 rings (SSSR count). The Morgan fingerprint density at radius 1 is 1.03 bits per heavy atom. The predicted octanol–water partition coefficient (Wildman–Crippen LogP) is 2.90. The topological polar surface area (TPSA) is 126 Å². The molecule has 1 heterocycles. The van der Waals surface area contributed by atoms with E-state index in [1.54, 1.807) is 0 Å². The van der Waals surface area contributed by atoms with Gasteiger partial charge in [0.05, 0.1) is 18.8 Å². The first-order chi connectivity index (χ1) is 17.9. The molecule has 1 aromatic carbocycles. The van der Waals surface area contributed by atoms with Crippen molar-refractivity contribution < 1.29 is 39.4 Å². The first kappa shape index (κ1) is 28.3. The van der Waals surface area contributed by atoms with E-state index in [-0.39, 0.29) is 19.1 Å². The molecule has 2 fully saturated rings.